The molecule has 4 nitrogen and oxygen atoms in total. The van der Waals surface area contributed by atoms with E-state index in [1.165, 1.54) is 0 Å². The second-order valence-corrected chi connectivity index (χ2v) is 2.94. The SMILES string of the molecule is O=CN1CCC(OCCO)CC1. The smallest absolute Gasteiger partial charge is 0.209 e. The van der Waals surface area contributed by atoms with Gasteiger partial charge in [-0.25, -0.2) is 0 Å². The lowest BCUT2D eigenvalue weighted by atomic mass is 10.1. The lowest BCUT2D eigenvalue weighted by Gasteiger charge is -2.28. The lowest BCUT2D eigenvalue weighted by molar-refractivity contribution is -0.120. The van der Waals surface area contributed by atoms with E-state index in [1.807, 2.05) is 0 Å². The number of rotatable bonds is 4. The van der Waals surface area contributed by atoms with Gasteiger partial charge in [-0.2, -0.15) is 0 Å². The molecule has 1 heterocycles. The Hall–Kier alpha value is -0.610. The first-order valence-corrected chi connectivity index (χ1v) is 4.28. The summed E-state index contributed by atoms with van der Waals surface area (Å²) in [7, 11) is 0. The Balaban J connectivity index is 2.12. The molecule has 1 rings (SSSR count). The van der Waals surface area contributed by atoms with Gasteiger partial charge in [0.2, 0.25) is 6.41 Å². The van der Waals surface area contributed by atoms with Crippen molar-refractivity contribution in [1.82, 2.24) is 4.90 Å². The van der Waals surface area contributed by atoms with Crippen LogP contribution in [0.1, 0.15) is 12.8 Å². The summed E-state index contributed by atoms with van der Waals surface area (Å²) in [6.07, 6.45) is 2.88. The van der Waals surface area contributed by atoms with E-state index >= 15 is 0 Å². The highest BCUT2D eigenvalue weighted by atomic mass is 16.5. The highest BCUT2D eigenvalue weighted by Gasteiger charge is 2.17. The quantitative estimate of drug-likeness (QED) is 0.589. The van der Waals surface area contributed by atoms with Crippen LogP contribution in [0.4, 0.5) is 0 Å². The molecule has 0 unspecified atom stereocenters. The molecule has 1 saturated heterocycles. The van der Waals surface area contributed by atoms with Crippen molar-refractivity contribution in [1.29, 1.82) is 0 Å². The second kappa shape index (κ2) is 5.11. The Bertz CT molecular complexity index is 132. The van der Waals surface area contributed by atoms with Crippen molar-refractivity contribution in [2.45, 2.75) is 18.9 Å². The van der Waals surface area contributed by atoms with E-state index in [0.717, 1.165) is 32.3 Å². The van der Waals surface area contributed by atoms with Crippen LogP contribution in [0.2, 0.25) is 0 Å². The molecule has 0 aromatic rings. The number of hydrogen-bond acceptors (Lipinski definition) is 3. The maximum absolute atomic E-state index is 10.3. The summed E-state index contributed by atoms with van der Waals surface area (Å²) >= 11 is 0. The average Bonchev–Trinajstić information content (AvgIpc) is 2.15. The van der Waals surface area contributed by atoms with Gasteiger partial charge in [0.1, 0.15) is 0 Å². The maximum atomic E-state index is 10.3. The van der Waals surface area contributed by atoms with Crippen molar-refractivity contribution >= 4 is 6.41 Å². The molecular weight excluding hydrogens is 158 g/mol. The minimum absolute atomic E-state index is 0.0773. The van der Waals surface area contributed by atoms with E-state index in [4.69, 9.17) is 9.84 Å². The number of aliphatic hydroxyl groups excluding tert-OH is 1. The van der Waals surface area contributed by atoms with E-state index in [9.17, 15) is 4.79 Å². The monoisotopic (exact) mass is 173 g/mol. The van der Waals surface area contributed by atoms with Crippen molar-refractivity contribution in [3.05, 3.63) is 0 Å². The Labute approximate surface area is 72.1 Å². The van der Waals surface area contributed by atoms with Crippen molar-refractivity contribution in [3.8, 4) is 0 Å². The molecule has 1 aliphatic heterocycles. The normalized spacial score (nSPS) is 19.6. The average molecular weight is 173 g/mol. The van der Waals surface area contributed by atoms with Gasteiger partial charge in [-0.1, -0.05) is 0 Å². The fourth-order valence-electron chi connectivity index (χ4n) is 1.37. The van der Waals surface area contributed by atoms with Crippen LogP contribution in [0.15, 0.2) is 0 Å². The number of aliphatic hydroxyl groups is 1. The number of amides is 1. The second-order valence-electron chi connectivity index (χ2n) is 2.94. The largest absolute Gasteiger partial charge is 0.394 e. The van der Waals surface area contributed by atoms with Gasteiger partial charge in [-0.05, 0) is 12.8 Å². The summed E-state index contributed by atoms with van der Waals surface area (Å²) in [4.78, 5) is 12.1. The molecule has 4 heteroatoms. The number of piperidine rings is 1. The zero-order valence-electron chi connectivity index (χ0n) is 7.11. The minimum Gasteiger partial charge on any atom is -0.394 e. The number of hydrogen-bond donors (Lipinski definition) is 1. The fraction of sp³-hybridized carbons (Fsp3) is 0.875. The summed E-state index contributed by atoms with van der Waals surface area (Å²) in [5.41, 5.74) is 0. The Morgan fingerprint density at radius 2 is 2.17 bits per heavy atom. The molecule has 0 aromatic carbocycles. The molecule has 70 valence electrons. The molecule has 1 N–H and O–H groups in total. The fourth-order valence-corrected chi connectivity index (χ4v) is 1.37. The van der Waals surface area contributed by atoms with Gasteiger partial charge in [-0.3, -0.25) is 4.79 Å². The van der Waals surface area contributed by atoms with Crippen LogP contribution in [0, 0.1) is 0 Å². The van der Waals surface area contributed by atoms with Crippen LogP contribution in [-0.4, -0.2) is 48.8 Å². The van der Waals surface area contributed by atoms with Crippen LogP contribution in [0.25, 0.3) is 0 Å². The predicted octanol–water partition coefficient (Wildman–Crippen LogP) is -0.384. The summed E-state index contributed by atoms with van der Waals surface area (Å²) in [5, 5.41) is 8.50. The molecule has 12 heavy (non-hydrogen) atoms. The van der Waals surface area contributed by atoms with Crippen LogP contribution >= 0.6 is 0 Å². The number of likely N-dealkylation sites (tertiary alicyclic amines) is 1. The topological polar surface area (TPSA) is 49.8 Å². The van der Waals surface area contributed by atoms with E-state index in [-0.39, 0.29) is 12.7 Å². The molecular formula is C8H15NO3. The third-order valence-electron chi connectivity index (χ3n) is 2.07. The maximum Gasteiger partial charge on any atom is 0.209 e. The van der Waals surface area contributed by atoms with Crippen molar-refractivity contribution in [2.75, 3.05) is 26.3 Å². The first-order valence-electron chi connectivity index (χ1n) is 4.28. The van der Waals surface area contributed by atoms with Gasteiger partial charge >= 0.3 is 0 Å². The molecule has 0 saturated carbocycles. The van der Waals surface area contributed by atoms with Gasteiger partial charge in [0.15, 0.2) is 0 Å². The third-order valence-corrected chi connectivity index (χ3v) is 2.07. The van der Waals surface area contributed by atoms with Gasteiger partial charge < -0.3 is 14.7 Å². The van der Waals surface area contributed by atoms with Crippen molar-refractivity contribution in [3.63, 3.8) is 0 Å². The van der Waals surface area contributed by atoms with Gasteiger partial charge in [-0.15, -0.1) is 0 Å². The van der Waals surface area contributed by atoms with E-state index in [2.05, 4.69) is 0 Å². The van der Waals surface area contributed by atoms with Crippen LogP contribution < -0.4 is 0 Å². The standard InChI is InChI=1S/C8H15NO3/c10-5-6-12-8-1-3-9(7-11)4-2-8/h7-8,10H,1-6H2. The van der Waals surface area contributed by atoms with Gasteiger partial charge in [0, 0.05) is 13.1 Å². The summed E-state index contributed by atoms with van der Waals surface area (Å²) in [5.74, 6) is 0. The van der Waals surface area contributed by atoms with Crippen molar-refractivity contribution < 1.29 is 14.6 Å². The highest BCUT2D eigenvalue weighted by molar-refractivity contribution is 5.47. The van der Waals surface area contributed by atoms with Crippen LogP contribution in [0.3, 0.4) is 0 Å². The Morgan fingerprint density at radius 3 is 2.67 bits per heavy atom. The van der Waals surface area contributed by atoms with E-state index in [0.29, 0.717) is 6.61 Å². The molecule has 0 bridgehead atoms. The first-order chi connectivity index (χ1) is 5.86. The summed E-state index contributed by atoms with van der Waals surface area (Å²) in [6.45, 7) is 2.04. The zero-order valence-corrected chi connectivity index (χ0v) is 7.11. The van der Waals surface area contributed by atoms with Crippen molar-refractivity contribution in [2.24, 2.45) is 0 Å². The first kappa shape index (κ1) is 9.48. The van der Waals surface area contributed by atoms with Gasteiger partial charge in [0.25, 0.3) is 0 Å². The van der Waals surface area contributed by atoms with Crippen LogP contribution in [0.5, 0.6) is 0 Å². The Kier molecular flexibility index (Phi) is 4.04. The Morgan fingerprint density at radius 1 is 1.50 bits per heavy atom. The third kappa shape index (κ3) is 2.79. The number of nitrogens with zero attached hydrogens (tertiary/aromatic N) is 1. The molecule has 0 radical (unpaired) electrons. The number of ether oxygens (including phenoxy) is 1. The summed E-state index contributed by atoms with van der Waals surface area (Å²) in [6, 6.07) is 0. The predicted molar refractivity (Wildman–Crippen MR) is 43.7 cm³/mol. The minimum atomic E-state index is 0.0773. The summed E-state index contributed by atoms with van der Waals surface area (Å²) < 4.78 is 5.33. The van der Waals surface area contributed by atoms with E-state index < -0.39 is 0 Å². The molecule has 0 aliphatic carbocycles. The van der Waals surface area contributed by atoms with Gasteiger partial charge in [0.05, 0.1) is 19.3 Å². The molecule has 1 fully saturated rings. The molecule has 0 spiro atoms. The zero-order chi connectivity index (χ0) is 8.81. The molecule has 1 amide bonds. The molecule has 0 atom stereocenters. The lowest BCUT2D eigenvalue weighted by Crippen LogP contribution is -2.36. The van der Waals surface area contributed by atoms with E-state index in [1.54, 1.807) is 4.90 Å². The number of carbonyl (C=O) groups excluding carboxylic acids is 1. The number of carbonyl (C=O) groups is 1. The molecule has 0 aromatic heterocycles. The molecule has 1 aliphatic rings. The van der Waals surface area contributed by atoms with Crippen LogP contribution in [-0.2, 0) is 9.53 Å². The highest BCUT2D eigenvalue weighted by Crippen LogP contribution is 2.11.